The molecule has 1 amide bonds. The van der Waals surface area contributed by atoms with Gasteiger partial charge in [-0.3, -0.25) is 4.79 Å². The van der Waals surface area contributed by atoms with E-state index in [1.807, 2.05) is 0 Å². The van der Waals surface area contributed by atoms with E-state index in [2.05, 4.69) is 20.2 Å². The van der Waals surface area contributed by atoms with E-state index in [4.69, 9.17) is 0 Å². The van der Waals surface area contributed by atoms with Gasteiger partial charge in [-0.1, -0.05) is 4.49 Å². The molecule has 1 aliphatic rings. The molecule has 1 fully saturated rings. The summed E-state index contributed by atoms with van der Waals surface area (Å²) in [4.78, 5) is 11.5. The minimum atomic E-state index is -0.116. The second-order valence-corrected chi connectivity index (χ2v) is 4.30. The summed E-state index contributed by atoms with van der Waals surface area (Å²) in [6, 6.07) is 0. The molecule has 1 unspecified atom stereocenters. The number of nitrogens with one attached hydrogen (secondary N) is 2. The number of nitrogens with zero attached hydrogens (tertiary/aromatic N) is 2. The van der Waals surface area contributed by atoms with Gasteiger partial charge >= 0.3 is 0 Å². The standard InChI is InChI=1S/C9H14N4OS/c14-9(8-6-15-13-12-8)11-4-2-7-1-3-10-5-7/h6-7,10H,1-5H2,(H,11,14). The third-order valence-corrected chi connectivity index (χ3v) is 3.10. The van der Waals surface area contributed by atoms with E-state index in [1.165, 1.54) is 18.0 Å². The molecule has 2 N–H and O–H groups in total. The Labute approximate surface area is 92.4 Å². The zero-order chi connectivity index (χ0) is 10.5. The van der Waals surface area contributed by atoms with Gasteiger partial charge in [-0.15, -0.1) is 5.10 Å². The monoisotopic (exact) mass is 226 g/mol. The van der Waals surface area contributed by atoms with Crippen molar-refractivity contribution in [3.8, 4) is 0 Å². The molecule has 15 heavy (non-hydrogen) atoms. The van der Waals surface area contributed by atoms with E-state index in [0.717, 1.165) is 26.1 Å². The van der Waals surface area contributed by atoms with Gasteiger partial charge in [0.2, 0.25) is 0 Å². The van der Waals surface area contributed by atoms with Crippen LogP contribution in [0.15, 0.2) is 5.38 Å². The quantitative estimate of drug-likeness (QED) is 0.773. The topological polar surface area (TPSA) is 66.9 Å². The van der Waals surface area contributed by atoms with Gasteiger partial charge in [0, 0.05) is 11.9 Å². The van der Waals surface area contributed by atoms with Crippen LogP contribution in [0.4, 0.5) is 0 Å². The Bertz CT molecular complexity index is 308. The van der Waals surface area contributed by atoms with E-state index >= 15 is 0 Å². The van der Waals surface area contributed by atoms with Crippen LogP contribution in [-0.2, 0) is 0 Å². The molecular weight excluding hydrogens is 212 g/mol. The Morgan fingerprint density at radius 3 is 3.33 bits per heavy atom. The maximum atomic E-state index is 11.5. The maximum Gasteiger partial charge on any atom is 0.272 e. The van der Waals surface area contributed by atoms with Gasteiger partial charge in [-0.05, 0) is 43.4 Å². The summed E-state index contributed by atoms with van der Waals surface area (Å²) >= 11 is 1.19. The summed E-state index contributed by atoms with van der Waals surface area (Å²) in [6.45, 7) is 2.91. The van der Waals surface area contributed by atoms with E-state index in [-0.39, 0.29) is 5.91 Å². The molecule has 1 aromatic rings. The highest BCUT2D eigenvalue weighted by molar-refractivity contribution is 7.03. The van der Waals surface area contributed by atoms with Crippen LogP contribution in [0.25, 0.3) is 0 Å². The Morgan fingerprint density at radius 1 is 1.73 bits per heavy atom. The van der Waals surface area contributed by atoms with E-state index in [9.17, 15) is 4.79 Å². The van der Waals surface area contributed by atoms with Crippen molar-refractivity contribution in [1.29, 1.82) is 0 Å². The van der Waals surface area contributed by atoms with Crippen LogP contribution in [0, 0.1) is 5.92 Å². The molecule has 0 spiro atoms. The molecule has 0 bridgehead atoms. The zero-order valence-electron chi connectivity index (χ0n) is 8.40. The lowest BCUT2D eigenvalue weighted by atomic mass is 10.1. The van der Waals surface area contributed by atoms with E-state index in [1.54, 1.807) is 5.38 Å². The SMILES string of the molecule is O=C(NCCC1CCNC1)c1csnn1. The van der Waals surface area contributed by atoms with Crippen molar-refractivity contribution >= 4 is 17.4 Å². The second kappa shape index (κ2) is 5.18. The smallest absolute Gasteiger partial charge is 0.272 e. The second-order valence-electron chi connectivity index (χ2n) is 3.69. The molecule has 0 aliphatic carbocycles. The normalized spacial score (nSPS) is 20.4. The number of amides is 1. The van der Waals surface area contributed by atoms with Crippen molar-refractivity contribution in [2.75, 3.05) is 19.6 Å². The molecule has 6 heteroatoms. The first-order chi connectivity index (χ1) is 7.36. The number of hydrogen-bond acceptors (Lipinski definition) is 5. The number of hydrogen-bond donors (Lipinski definition) is 2. The van der Waals surface area contributed by atoms with Crippen molar-refractivity contribution in [2.45, 2.75) is 12.8 Å². The summed E-state index contributed by atoms with van der Waals surface area (Å²) in [6.07, 6.45) is 2.25. The Morgan fingerprint density at radius 2 is 2.67 bits per heavy atom. The lowest BCUT2D eigenvalue weighted by Crippen LogP contribution is -2.26. The molecule has 2 heterocycles. The molecule has 82 valence electrons. The summed E-state index contributed by atoms with van der Waals surface area (Å²) in [5.41, 5.74) is 0.421. The summed E-state index contributed by atoms with van der Waals surface area (Å²) in [5, 5.41) is 11.5. The van der Waals surface area contributed by atoms with Crippen molar-refractivity contribution in [3.63, 3.8) is 0 Å². The van der Waals surface area contributed by atoms with Crippen molar-refractivity contribution < 1.29 is 4.79 Å². The van der Waals surface area contributed by atoms with Crippen molar-refractivity contribution in [3.05, 3.63) is 11.1 Å². The fourth-order valence-electron chi connectivity index (χ4n) is 1.70. The predicted molar refractivity (Wildman–Crippen MR) is 57.8 cm³/mol. The minimum absolute atomic E-state index is 0.116. The van der Waals surface area contributed by atoms with Crippen LogP contribution in [0.2, 0.25) is 0 Å². The summed E-state index contributed by atoms with van der Waals surface area (Å²) in [7, 11) is 0. The maximum absolute atomic E-state index is 11.5. The number of aromatic nitrogens is 2. The Hall–Kier alpha value is -1.01. The van der Waals surface area contributed by atoms with Gasteiger partial charge in [0.25, 0.3) is 5.91 Å². The van der Waals surface area contributed by atoms with Gasteiger partial charge in [-0.25, -0.2) is 0 Å². The van der Waals surface area contributed by atoms with Gasteiger partial charge < -0.3 is 10.6 Å². The van der Waals surface area contributed by atoms with Crippen LogP contribution in [0.3, 0.4) is 0 Å². The average molecular weight is 226 g/mol. The van der Waals surface area contributed by atoms with Crippen LogP contribution in [-0.4, -0.2) is 35.1 Å². The summed E-state index contributed by atoms with van der Waals surface area (Å²) < 4.78 is 3.65. The highest BCUT2D eigenvalue weighted by Crippen LogP contribution is 2.10. The third kappa shape index (κ3) is 2.97. The lowest BCUT2D eigenvalue weighted by Gasteiger charge is -2.07. The summed E-state index contributed by atoms with van der Waals surface area (Å²) in [5.74, 6) is 0.591. The van der Waals surface area contributed by atoms with Crippen molar-refractivity contribution in [2.24, 2.45) is 5.92 Å². The van der Waals surface area contributed by atoms with Crippen LogP contribution < -0.4 is 10.6 Å². The molecule has 0 radical (unpaired) electrons. The van der Waals surface area contributed by atoms with Crippen LogP contribution in [0.5, 0.6) is 0 Å². The van der Waals surface area contributed by atoms with Crippen molar-refractivity contribution in [1.82, 2.24) is 20.2 Å². The van der Waals surface area contributed by atoms with Gasteiger partial charge in [0.1, 0.15) is 0 Å². The average Bonchev–Trinajstić information content (AvgIpc) is 2.90. The molecule has 2 rings (SSSR count). The lowest BCUT2D eigenvalue weighted by molar-refractivity contribution is 0.0946. The molecule has 5 nitrogen and oxygen atoms in total. The first-order valence-corrected chi connectivity index (χ1v) is 5.96. The number of carbonyl (C=O) groups is 1. The molecule has 0 aromatic carbocycles. The zero-order valence-corrected chi connectivity index (χ0v) is 9.22. The fourth-order valence-corrected chi connectivity index (χ4v) is 2.14. The van der Waals surface area contributed by atoms with E-state index in [0.29, 0.717) is 11.6 Å². The molecule has 1 aromatic heterocycles. The largest absolute Gasteiger partial charge is 0.351 e. The van der Waals surface area contributed by atoms with Crippen LogP contribution in [0.1, 0.15) is 23.3 Å². The first-order valence-electron chi connectivity index (χ1n) is 5.12. The van der Waals surface area contributed by atoms with Gasteiger partial charge in [0.05, 0.1) is 0 Å². The minimum Gasteiger partial charge on any atom is -0.351 e. The Balaban J connectivity index is 1.67. The molecule has 0 saturated carbocycles. The fraction of sp³-hybridized carbons (Fsp3) is 0.667. The third-order valence-electron chi connectivity index (χ3n) is 2.59. The van der Waals surface area contributed by atoms with Gasteiger partial charge in [-0.2, -0.15) is 0 Å². The molecule has 1 aliphatic heterocycles. The Kier molecular flexibility index (Phi) is 3.63. The molecular formula is C9H14N4OS. The highest BCUT2D eigenvalue weighted by Gasteiger charge is 2.14. The molecule has 1 saturated heterocycles. The highest BCUT2D eigenvalue weighted by atomic mass is 32.1. The number of carbonyl (C=O) groups excluding carboxylic acids is 1. The predicted octanol–water partition coefficient (Wildman–Crippen LogP) is 0.267. The van der Waals surface area contributed by atoms with Crippen LogP contribution >= 0.6 is 11.5 Å². The van der Waals surface area contributed by atoms with E-state index < -0.39 is 0 Å². The molecule has 1 atom stereocenters. The van der Waals surface area contributed by atoms with Gasteiger partial charge in [0.15, 0.2) is 5.69 Å². The first kappa shape index (κ1) is 10.5. The number of rotatable bonds is 4.